The Hall–Kier alpha value is -1.05. The molecule has 1 N–H and O–H groups in total. The Bertz CT molecular complexity index is 673. The molecule has 0 bridgehead atoms. The van der Waals surface area contributed by atoms with Crippen molar-refractivity contribution in [3.05, 3.63) is 18.2 Å². The van der Waals surface area contributed by atoms with Crippen LogP contribution in [0.2, 0.25) is 0 Å². The van der Waals surface area contributed by atoms with Gasteiger partial charge in [-0.15, -0.1) is 11.8 Å². The van der Waals surface area contributed by atoms with E-state index in [0.29, 0.717) is 12.2 Å². The molecule has 1 aromatic rings. The number of amides is 1. The summed E-state index contributed by atoms with van der Waals surface area (Å²) in [6, 6.07) is 4.86. The van der Waals surface area contributed by atoms with E-state index in [1.165, 1.54) is 6.92 Å². The number of thioether (sulfide) groups is 1. The van der Waals surface area contributed by atoms with E-state index in [1.54, 1.807) is 34.9 Å². The molecule has 2 rings (SSSR count). The van der Waals surface area contributed by atoms with Crippen molar-refractivity contribution in [3.63, 3.8) is 0 Å². The number of fused-ring (bicyclic) bond motifs is 1. The first kappa shape index (κ1) is 17.3. The molecular weight excluding hydrogens is 320 g/mol. The number of anilines is 1. The number of nitrogens with zero attached hydrogens (tertiary/aromatic N) is 1. The summed E-state index contributed by atoms with van der Waals surface area (Å²) in [6.07, 6.45) is 0.719. The van der Waals surface area contributed by atoms with Crippen LogP contribution in [-0.4, -0.2) is 32.2 Å². The van der Waals surface area contributed by atoms with E-state index >= 15 is 0 Å². The molecule has 1 amide bonds. The van der Waals surface area contributed by atoms with Crippen LogP contribution in [0.5, 0.6) is 0 Å². The fraction of sp³-hybridized carbons (Fsp3) is 0.533. The van der Waals surface area contributed by atoms with Gasteiger partial charge in [-0.2, -0.15) is 0 Å². The van der Waals surface area contributed by atoms with Gasteiger partial charge in [0.05, 0.1) is 10.6 Å². The maximum absolute atomic E-state index is 12.4. The standard InChI is InChI=1S/C15H22N2O3S2/c1-5-10(2)16-22(19,20)13-6-7-15-14(8-13)17(12(4)18)9-11(3)21-15/h6-8,10-11,16H,5,9H2,1-4H3/t10-,11-/m1/s1. The maximum atomic E-state index is 12.4. The minimum atomic E-state index is -3.56. The predicted molar refractivity (Wildman–Crippen MR) is 89.9 cm³/mol. The van der Waals surface area contributed by atoms with E-state index in [0.717, 1.165) is 11.3 Å². The number of hydrogen-bond donors (Lipinski definition) is 1. The summed E-state index contributed by atoms with van der Waals surface area (Å²) in [5, 5.41) is 0.289. The highest BCUT2D eigenvalue weighted by Gasteiger charge is 2.27. The third-order valence-electron chi connectivity index (χ3n) is 3.65. The van der Waals surface area contributed by atoms with Crippen molar-refractivity contribution < 1.29 is 13.2 Å². The van der Waals surface area contributed by atoms with E-state index < -0.39 is 10.0 Å². The molecule has 5 nitrogen and oxygen atoms in total. The average Bonchev–Trinajstić information content (AvgIpc) is 2.45. The number of nitrogens with one attached hydrogen (secondary N) is 1. The van der Waals surface area contributed by atoms with Gasteiger partial charge in [0.15, 0.2) is 0 Å². The molecular formula is C15H22N2O3S2. The zero-order chi connectivity index (χ0) is 16.5. The average molecular weight is 342 g/mol. The van der Waals surface area contributed by atoms with Gasteiger partial charge in [0.2, 0.25) is 15.9 Å². The lowest BCUT2D eigenvalue weighted by atomic mass is 10.2. The van der Waals surface area contributed by atoms with E-state index in [2.05, 4.69) is 11.6 Å². The van der Waals surface area contributed by atoms with Crippen molar-refractivity contribution in [2.24, 2.45) is 0 Å². The zero-order valence-corrected chi connectivity index (χ0v) is 14.9. The number of hydrogen-bond acceptors (Lipinski definition) is 4. The molecule has 2 atom stereocenters. The zero-order valence-electron chi connectivity index (χ0n) is 13.3. The first-order chi connectivity index (χ1) is 10.2. The van der Waals surface area contributed by atoms with Crippen LogP contribution in [0.3, 0.4) is 0 Å². The van der Waals surface area contributed by atoms with Crippen LogP contribution < -0.4 is 9.62 Å². The van der Waals surface area contributed by atoms with Crippen molar-refractivity contribution in [1.82, 2.24) is 4.72 Å². The van der Waals surface area contributed by atoms with E-state index in [9.17, 15) is 13.2 Å². The van der Waals surface area contributed by atoms with Gasteiger partial charge in [0.25, 0.3) is 0 Å². The molecule has 0 radical (unpaired) electrons. The Labute approximate surface area is 136 Å². The third kappa shape index (κ3) is 3.64. The Morgan fingerprint density at radius 3 is 2.77 bits per heavy atom. The van der Waals surface area contributed by atoms with Crippen molar-refractivity contribution >= 4 is 33.4 Å². The lowest BCUT2D eigenvalue weighted by molar-refractivity contribution is -0.116. The van der Waals surface area contributed by atoms with E-state index in [1.807, 2.05) is 13.8 Å². The van der Waals surface area contributed by atoms with Crippen LogP contribution in [0.25, 0.3) is 0 Å². The van der Waals surface area contributed by atoms with Gasteiger partial charge in [-0.3, -0.25) is 4.79 Å². The van der Waals surface area contributed by atoms with Crippen molar-refractivity contribution in [2.75, 3.05) is 11.4 Å². The molecule has 0 saturated heterocycles. The van der Waals surface area contributed by atoms with Gasteiger partial charge in [-0.1, -0.05) is 13.8 Å². The maximum Gasteiger partial charge on any atom is 0.240 e. The van der Waals surface area contributed by atoms with Crippen LogP contribution in [-0.2, 0) is 14.8 Å². The SMILES string of the molecule is CC[C@@H](C)NS(=O)(=O)c1ccc2c(c1)N(C(C)=O)C[C@@H](C)S2. The number of rotatable bonds is 4. The molecule has 0 fully saturated rings. The van der Waals surface area contributed by atoms with Crippen molar-refractivity contribution in [2.45, 2.75) is 55.2 Å². The summed E-state index contributed by atoms with van der Waals surface area (Å²) < 4.78 is 27.5. The summed E-state index contributed by atoms with van der Waals surface area (Å²) in [5.41, 5.74) is 0.683. The Morgan fingerprint density at radius 2 is 2.18 bits per heavy atom. The number of carbonyl (C=O) groups excluding carboxylic acids is 1. The summed E-state index contributed by atoms with van der Waals surface area (Å²) in [5.74, 6) is -0.0715. The van der Waals surface area contributed by atoms with Gasteiger partial charge in [0.1, 0.15) is 0 Å². The largest absolute Gasteiger partial charge is 0.310 e. The van der Waals surface area contributed by atoms with Crippen LogP contribution in [0, 0.1) is 0 Å². The van der Waals surface area contributed by atoms with E-state index in [4.69, 9.17) is 0 Å². The van der Waals surface area contributed by atoms with Crippen LogP contribution in [0.1, 0.15) is 34.1 Å². The summed E-state index contributed by atoms with van der Waals surface area (Å²) in [6.45, 7) is 7.91. The first-order valence-corrected chi connectivity index (χ1v) is 9.72. The topological polar surface area (TPSA) is 66.5 Å². The van der Waals surface area contributed by atoms with Crippen LogP contribution in [0.15, 0.2) is 28.0 Å². The van der Waals surface area contributed by atoms with Crippen LogP contribution >= 0.6 is 11.8 Å². The number of carbonyl (C=O) groups is 1. The highest BCUT2D eigenvalue weighted by atomic mass is 32.2. The number of sulfonamides is 1. The molecule has 1 aromatic carbocycles. The quantitative estimate of drug-likeness (QED) is 0.913. The Balaban J connectivity index is 2.42. The number of benzene rings is 1. The van der Waals surface area contributed by atoms with Crippen molar-refractivity contribution in [3.8, 4) is 0 Å². The minimum absolute atomic E-state index is 0.0715. The lowest BCUT2D eigenvalue weighted by Crippen LogP contribution is -2.37. The lowest BCUT2D eigenvalue weighted by Gasteiger charge is -2.32. The van der Waals surface area contributed by atoms with Crippen LogP contribution in [0.4, 0.5) is 5.69 Å². The molecule has 122 valence electrons. The molecule has 7 heteroatoms. The molecule has 0 aromatic heterocycles. The van der Waals surface area contributed by atoms with Gasteiger partial charge in [-0.05, 0) is 31.5 Å². The second-order valence-electron chi connectivity index (χ2n) is 5.62. The molecule has 1 aliphatic rings. The molecule has 0 unspecified atom stereocenters. The fourth-order valence-electron chi connectivity index (χ4n) is 2.30. The normalized spacial score (nSPS) is 19.6. The molecule has 1 aliphatic heterocycles. The molecule has 0 saturated carbocycles. The fourth-order valence-corrected chi connectivity index (χ4v) is 4.74. The summed E-state index contributed by atoms with van der Waals surface area (Å²) >= 11 is 1.66. The van der Waals surface area contributed by atoms with E-state index in [-0.39, 0.29) is 22.1 Å². The van der Waals surface area contributed by atoms with Gasteiger partial charge >= 0.3 is 0 Å². The van der Waals surface area contributed by atoms with Gasteiger partial charge in [0, 0.05) is 29.7 Å². The minimum Gasteiger partial charge on any atom is -0.310 e. The highest BCUT2D eigenvalue weighted by molar-refractivity contribution is 8.00. The molecule has 22 heavy (non-hydrogen) atoms. The Morgan fingerprint density at radius 1 is 1.50 bits per heavy atom. The third-order valence-corrected chi connectivity index (χ3v) is 6.39. The molecule has 1 heterocycles. The predicted octanol–water partition coefficient (Wildman–Crippen LogP) is 2.61. The first-order valence-electron chi connectivity index (χ1n) is 7.35. The Kier molecular flexibility index (Phi) is 5.19. The van der Waals surface area contributed by atoms with Gasteiger partial charge in [-0.25, -0.2) is 13.1 Å². The second-order valence-corrected chi connectivity index (χ2v) is 8.81. The summed E-state index contributed by atoms with van der Waals surface area (Å²) in [4.78, 5) is 14.6. The smallest absolute Gasteiger partial charge is 0.240 e. The van der Waals surface area contributed by atoms with Crippen molar-refractivity contribution in [1.29, 1.82) is 0 Å². The monoisotopic (exact) mass is 342 g/mol. The highest BCUT2D eigenvalue weighted by Crippen LogP contribution is 2.39. The van der Waals surface area contributed by atoms with Gasteiger partial charge < -0.3 is 4.90 Å². The second kappa shape index (κ2) is 6.60. The molecule has 0 spiro atoms. The summed E-state index contributed by atoms with van der Waals surface area (Å²) in [7, 11) is -3.56. The molecule has 0 aliphatic carbocycles.